The lowest BCUT2D eigenvalue weighted by molar-refractivity contribution is -0.220. The Kier molecular flexibility index (Phi) is 33.3. The number of allylic oxidation sites excluding steroid dienone is 6. The molecule has 0 radical (unpaired) electrons. The van der Waals surface area contributed by atoms with Gasteiger partial charge in [0.2, 0.25) is 0 Å². The number of carbonyl (C=O) groups is 2. The Morgan fingerprint density at radius 2 is 0.915 bits per heavy atom. The van der Waals surface area contributed by atoms with Gasteiger partial charge in [0.25, 0.3) is 0 Å². The fourth-order valence-electron chi connectivity index (χ4n) is 6.72. The molecule has 1 rings (SSSR count). The van der Waals surface area contributed by atoms with Crippen molar-refractivity contribution in [2.45, 2.75) is 224 Å². The maximum Gasteiger partial charge on any atom is 0.472 e. The summed E-state index contributed by atoms with van der Waals surface area (Å²) in [6.45, 7) is 3.24. The molecule has 0 aromatic carbocycles. The van der Waals surface area contributed by atoms with Crippen molar-refractivity contribution in [1.29, 1.82) is 0 Å². The predicted molar refractivity (Wildman–Crippen MR) is 230 cm³/mol. The van der Waals surface area contributed by atoms with E-state index in [1.54, 1.807) is 0 Å². The smallest absolute Gasteiger partial charge is 0.462 e. The molecule has 0 bridgehead atoms. The number of carbonyl (C=O) groups excluding carboxylic acids is 2. The number of unbranched alkanes of at least 4 members (excludes halogenated alkanes) is 19. The van der Waals surface area contributed by atoms with Crippen LogP contribution in [0.5, 0.6) is 0 Å². The van der Waals surface area contributed by atoms with E-state index in [1.165, 1.54) is 57.8 Å². The number of aliphatic hydroxyl groups is 5. The number of esters is 2. The van der Waals surface area contributed by atoms with Gasteiger partial charge in [-0.3, -0.25) is 18.6 Å². The summed E-state index contributed by atoms with van der Waals surface area (Å²) in [5, 5.41) is 50.1. The van der Waals surface area contributed by atoms with Crippen LogP contribution in [0.1, 0.15) is 181 Å². The van der Waals surface area contributed by atoms with Crippen LogP contribution in [-0.2, 0) is 32.7 Å². The fourth-order valence-corrected chi connectivity index (χ4v) is 7.70. The van der Waals surface area contributed by atoms with Crippen molar-refractivity contribution in [2.75, 3.05) is 13.2 Å². The van der Waals surface area contributed by atoms with Crippen molar-refractivity contribution >= 4 is 19.8 Å². The van der Waals surface area contributed by atoms with Crippen LogP contribution in [0.4, 0.5) is 0 Å². The Morgan fingerprint density at radius 3 is 1.44 bits per heavy atom. The number of rotatable bonds is 37. The number of aliphatic hydroxyl groups excluding tert-OH is 5. The highest BCUT2D eigenvalue weighted by atomic mass is 31.2. The van der Waals surface area contributed by atoms with Crippen LogP contribution in [0, 0.1) is 0 Å². The van der Waals surface area contributed by atoms with Gasteiger partial charge in [0, 0.05) is 12.8 Å². The Balaban J connectivity index is 2.48. The molecule has 1 aliphatic carbocycles. The average Bonchev–Trinajstić information content (AvgIpc) is 3.21. The minimum atomic E-state index is -5.12. The van der Waals surface area contributed by atoms with E-state index in [-0.39, 0.29) is 12.8 Å². The molecule has 8 atom stereocenters. The predicted octanol–water partition coefficient (Wildman–Crippen LogP) is 8.61. The van der Waals surface area contributed by atoms with Crippen LogP contribution in [0.25, 0.3) is 0 Å². The molecule has 1 aliphatic rings. The molecule has 14 heteroatoms. The van der Waals surface area contributed by atoms with Crippen LogP contribution in [-0.4, -0.2) is 98.3 Å². The molecule has 13 nitrogen and oxygen atoms in total. The molecule has 344 valence electrons. The summed E-state index contributed by atoms with van der Waals surface area (Å²) in [7, 11) is -5.12. The van der Waals surface area contributed by atoms with Crippen LogP contribution in [0.2, 0.25) is 0 Å². The van der Waals surface area contributed by atoms with E-state index in [9.17, 15) is 44.6 Å². The molecule has 0 spiro atoms. The Hall–Kier alpha value is -1.93. The lowest BCUT2D eigenvalue weighted by atomic mass is 9.85. The first-order chi connectivity index (χ1) is 28.4. The molecule has 0 heterocycles. The van der Waals surface area contributed by atoms with Gasteiger partial charge >= 0.3 is 19.8 Å². The standard InChI is InChI=1S/C45H81O13P/c1-3-5-7-9-11-13-15-17-18-19-20-22-24-26-28-30-32-34-39(47)57-37(36-56-59(53,54)58-45-43(51)41(49)40(48)42(50)44(45)52)35-55-38(46)33-31-29-27-25-23-21-16-14-12-10-8-6-4-2/h11,13,17-18,21,23,37,40-45,48-52H,3-10,12,14-16,19-20,22,24-36H2,1-2H3,(H,53,54)/b13-11+,18-17+,23-21+/t37-,40?,41+,42?,43?,44?,45?/m1/s1. The summed E-state index contributed by atoms with van der Waals surface area (Å²) in [4.78, 5) is 35.6. The second-order valence-corrected chi connectivity index (χ2v) is 17.3. The Bertz CT molecular complexity index is 1180. The molecule has 1 saturated carbocycles. The minimum Gasteiger partial charge on any atom is -0.462 e. The third-order valence-corrected chi connectivity index (χ3v) is 11.4. The summed E-state index contributed by atoms with van der Waals surface area (Å²) < 4.78 is 33.5. The third kappa shape index (κ3) is 28.3. The molecule has 59 heavy (non-hydrogen) atoms. The van der Waals surface area contributed by atoms with Crippen molar-refractivity contribution in [3.05, 3.63) is 36.5 Å². The number of ether oxygens (including phenoxy) is 2. The highest BCUT2D eigenvalue weighted by Crippen LogP contribution is 2.47. The number of phosphoric acid groups is 1. The summed E-state index contributed by atoms with van der Waals surface area (Å²) >= 11 is 0. The maximum absolute atomic E-state index is 12.8. The maximum atomic E-state index is 12.8. The van der Waals surface area contributed by atoms with E-state index in [0.29, 0.717) is 12.8 Å². The first kappa shape index (κ1) is 55.1. The van der Waals surface area contributed by atoms with Crippen LogP contribution < -0.4 is 0 Å². The van der Waals surface area contributed by atoms with Crippen LogP contribution >= 0.6 is 7.82 Å². The molecule has 0 amide bonds. The van der Waals surface area contributed by atoms with E-state index in [1.807, 2.05) is 0 Å². The number of phosphoric ester groups is 1. The van der Waals surface area contributed by atoms with E-state index in [2.05, 4.69) is 50.3 Å². The first-order valence-corrected chi connectivity index (χ1v) is 24.3. The van der Waals surface area contributed by atoms with Gasteiger partial charge in [-0.2, -0.15) is 0 Å². The van der Waals surface area contributed by atoms with Gasteiger partial charge in [0.15, 0.2) is 6.10 Å². The van der Waals surface area contributed by atoms with Gasteiger partial charge < -0.3 is 39.9 Å². The Labute approximate surface area is 355 Å². The van der Waals surface area contributed by atoms with E-state index in [0.717, 1.165) is 83.5 Å². The van der Waals surface area contributed by atoms with E-state index < -0.39 is 75.7 Å². The first-order valence-electron chi connectivity index (χ1n) is 22.8. The molecular weight excluding hydrogens is 779 g/mol. The van der Waals surface area contributed by atoms with Crippen LogP contribution in [0.3, 0.4) is 0 Å². The molecule has 6 unspecified atom stereocenters. The fraction of sp³-hybridized carbons (Fsp3) is 0.822. The summed E-state index contributed by atoms with van der Waals surface area (Å²) in [6, 6.07) is 0. The van der Waals surface area contributed by atoms with Crippen LogP contribution in [0.15, 0.2) is 36.5 Å². The summed E-state index contributed by atoms with van der Waals surface area (Å²) in [5.74, 6) is -1.13. The van der Waals surface area contributed by atoms with Crippen molar-refractivity contribution in [2.24, 2.45) is 0 Å². The molecule has 0 aliphatic heterocycles. The molecule has 6 N–H and O–H groups in total. The van der Waals surface area contributed by atoms with Gasteiger partial charge in [-0.05, 0) is 70.6 Å². The summed E-state index contributed by atoms with van der Waals surface area (Å²) in [5.41, 5.74) is 0. The molecule has 0 aromatic rings. The summed E-state index contributed by atoms with van der Waals surface area (Å²) in [6.07, 6.45) is 26.3. The normalized spacial score (nSPS) is 22.6. The second kappa shape index (κ2) is 35.6. The van der Waals surface area contributed by atoms with Crippen molar-refractivity contribution in [3.63, 3.8) is 0 Å². The quantitative estimate of drug-likeness (QED) is 0.0150. The highest BCUT2D eigenvalue weighted by Gasteiger charge is 2.51. The lowest BCUT2D eigenvalue weighted by Gasteiger charge is -2.41. The molecule has 0 aromatic heterocycles. The molecular formula is C45H81O13P. The van der Waals surface area contributed by atoms with Gasteiger partial charge in [-0.1, -0.05) is 134 Å². The van der Waals surface area contributed by atoms with Crippen molar-refractivity contribution < 1.29 is 63.1 Å². The second-order valence-electron chi connectivity index (χ2n) is 15.9. The zero-order valence-corrected chi connectivity index (χ0v) is 37.2. The van der Waals surface area contributed by atoms with Gasteiger partial charge in [-0.15, -0.1) is 0 Å². The molecule has 0 saturated heterocycles. The van der Waals surface area contributed by atoms with Crippen molar-refractivity contribution in [3.8, 4) is 0 Å². The Morgan fingerprint density at radius 1 is 0.525 bits per heavy atom. The SMILES string of the molecule is CCCCC/C=C/C/C=C/CCCCCCCCCC(=O)O[C@H](COC(=O)CCCCC/C=C/CCCCCCCC)COP(=O)(O)OC1C(O)C(O)C(O)[C@H](O)C1O. The van der Waals surface area contributed by atoms with Gasteiger partial charge in [0.05, 0.1) is 6.61 Å². The lowest BCUT2D eigenvalue weighted by Crippen LogP contribution is -2.64. The third-order valence-electron chi connectivity index (χ3n) is 10.5. The van der Waals surface area contributed by atoms with Gasteiger partial charge in [0.1, 0.15) is 43.2 Å². The largest absolute Gasteiger partial charge is 0.472 e. The number of hydrogen-bond donors (Lipinski definition) is 6. The van der Waals surface area contributed by atoms with Crippen molar-refractivity contribution in [1.82, 2.24) is 0 Å². The van der Waals surface area contributed by atoms with E-state index >= 15 is 0 Å². The van der Waals surface area contributed by atoms with Gasteiger partial charge in [-0.25, -0.2) is 4.57 Å². The zero-order valence-electron chi connectivity index (χ0n) is 36.3. The number of hydrogen-bond acceptors (Lipinski definition) is 12. The monoisotopic (exact) mass is 861 g/mol. The minimum absolute atomic E-state index is 0.0849. The molecule has 1 fully saturated rings. The topological polar surface area (TPSA) is 210 Å². The zero-order chi connectivity index (χ0) is 43.6. The van der Waals surface area contributed by atoms with E-state index in [4.69, 9.17) is 18.5 Å². The average molecular weight is 861 g/mol. The highest BCUT2D eigenvalue weighted by molar-refractivity contribution is 7.47.